The Balaban J connectivity index is 1.02. The molecule has 188 valence electrons. The molecule has 2 atom stereocenters. The molecule has 1 amide bonds. The van der Waals surface area contributed by atoms with Crippen molar-refractivity contribution in [3.8, 4) is 5.75 Å². The molecule has 35 heavy (non-hydrogen) atoms. The molecular formula is C26H32ClFN4O3. The second kappa shape index (κ2) is 11.1. The SMILES string of the molecule is O=C(Cc1ccc(OCC[C@H]2C[C@H]2C2CCN(c3ncc(Cl)cn3)CC2)cc1F)N1CCOCC1. The van der Waals surface area contributed by atoms with Crippen LogP contribution in [0.5, 0.6) is 5.75 Å². The van der Waals surface area contributed by atoms with Crippen molar-refractivity contribution >= 4 is 23.5 Å². The van der Waals surface area contributed by atoms with E-state index in [0.29, 0.717) is 55.2 Å². The van der Waals surface area contributed by atoms with Crippen molar-refractivity contribution in [3.63, 3.8) is 0 Å². The van der Waals surface area contributed by atoms with Crippen LogP contribution in [-0.2, 0) is 16.0 Å². The first kappa shape index (κ1) is 24.3. The second-order valence-electron chi connectivity index (χ2n) is 9.75. The third-order valence-corrected chi connectivity index (χ3v) is 7.69. The summed E-state index contributed by atoms with van der Waals surface area (Å²) < 4.78 is 25.7. The molecule has 7 nitrogen and oxygen atoms in total. The quantitative estimate of drug-likeness (QED) is 0.543. The molecule has 1 aromatic carbocycles. The number of morpholine rings is 1. The summed E-state index contributed by atoms with van der Waals surface area (Å²) in [6.45, 7) is 4.77. The Kier molecular flexibility index (Phi) is 7.68. The summed E-state index contributed by atoms with van der Waals surface area (Å²) >= 11 is 5.89. The van der Waals surface area contributed by atoms with E-state index in [0.717, 1.165) is 50.1 Å². The van der Waals surface area contributed by atoms with Gasteiger partial charge in [0.05, 0.1) is 43.7 Å². The molecule has 0 bridgehead atoms. The highest BCUT2D eigenvalue weighted by atomic mass is 35.5. The number of hydrogen-bond acceptors (Lipinski definition) is 6. The van der Waals surface area contributed by atoms with Crippen LogP contribution in [0, 0.1) is 23.6 Å². The Labute approximate surface area is 210 Å². The Morgan fingerprint density at radius 2 is 1.89 bits per heavy atom. The molecule has 1 aromatic heterocycles. The van der Waals surface area contributed by atoms with E-state index in [1.807, 2.05) is 0 Å². The number of nitrogens with zero attached hydrogens (tertiary/aromatic N) is 4. The van der Waals surface area contributed by atoms with Crippen LogP contribution in [-0.4, -0.2) is 66.8 Å². The summed E-state index contributed by atoms with van der Waals surface area (Å²) in [7, 11) is 0. The smallest absolute Gasteiger partial charge is 0.227 e. The van der Waals surface area contributed by atoms with Crippen LogP contribution in [0.15, 0.2) is 30.6 Å². The molecule has 3 heterocycles. The molecule has 0 spiro atoms. The van der Waals surface area contributed by atoms with Crippen LogP contribution in [0.1, 0.15) is 31.2 Å². The monoisotopic (exact) mass is 502 g/mol. The van der Waals surface area contributed by atoms with E-state index >= 15 is 0 Å². The van der Waals surface area contributed by atoms with E-state index < -0.39 is 0 Å². The second-order valence-corrected chi connectivity index (χ2v) is 10.2. The van der Waals surface area contributed by atoms with Gasteiger partial charge in [-0.2, -0.15) is 0 Å². The largest absolute Gasteiger partial charge is 0.493 e. The molecule has 0 unspecified atom stereocenters. The third-order valence-electron chi connectivity index (χ3n) is 7.50. The molecule has 3 fully saturated rings. The van der Waals surface area contributed by atoms with E-state index in [1.165, 1.54) is 12.5 Å². The topological polar surface area (TPSA) is 67.8 Å². The molecule has 0 radical (unpaired) electrons. The van der Waals surface area contributed by atoms with Gasteiger partial charge in [-0.05, 0) is 55.1 Å². The number of carbonyl (C=O) groups excluding carboxylic acids is 1. The maximum absolute atomic E-state index is 14.6. The van der Waals surface area contributed by atoms with E-state index in [2.05, 4.69) is 14.9 Å². The highest BCUT2D eigenvalue weighted by molar-refractivity contribution is 6.30. The van der Waals surface area contributed by atoms with Gasteiger partial charge < -0.3 is 19.3 Å². The number of halogens is 2. The van der Waals surface area contributed by atoms with Gasteiger partial charge in [-0.3, -0.25) is 4.79 Å². The highest BCUT2D eigenvalue weighted by Crippen LogP contribution is 2.49. The maximum Gasteiger partial charge on any atom is 0.227 e. The zero-order valence-electron chi connectivity index (χ0n) is 19.9. The predicted octanol–water partition coefficient (Wildman–Crippen LogP) is 3.99. The van der Waals surface area contributed by atoms with Crippen LogP contribution >= 0.6 is 11.6 Å². The molecule has 9 heteroatoms. The third kappa shape index (κ3) is 6.22. The number of amides is 1. The van der Waals surface area contributed by atoms with Gasteiger partial charge in [0.25, 0.3) is 0 Å². The van der Waals surface area contributed by atoms with Crippen molar-refractivity contribution in [1.29, 1.82) is 0 Å². The maximum atomic E-state index is 14.6. The predicted molar refractivity (Wildman–Crippen MR) is 131 cm³/mol. The first-order valence-corrected chi connectivity index (χ1v) is 12.9. The Morgan fingerprint density at radius 1 is 1.14 bits per heavy atom. The molecule has 5 rings (SSSR count). The average Bonchev–Trinajstić information content (AvgIpc) is 3.66. The van der Waals surface area contributed by atoms with Gasteiger partial charge in [0.2, 0.25) is 11.9 Å². The van der Waals surface area contributed by atoms with Crippen molar-refractivity contribution in [2.24, 2.45) is 17.8 Å². The van der Waals surface area contributed by atoms with Gasteiger partial charge in [-0.1, -0.05) is 17.7 Å². The first-order valence-electron chi connectivity index (χ1n) is 12.6. The van der Waals surface area contributed by atoms with E-state index in [-0.39, 0.29) is 18.1 Å². The number of piperidine rings is 1. The Hall–Kier alpha value is -2.45. The lowest BCUT2D eigenvalue weighted by atomic mass is 9.90. The van der Waals surface area contributed by atoms with Gasteiger partial charge in [0, 0.05) is 32.2 Å². The van der Waals surface area contributed by atoms with E-state index in [1.54, 1.807) is 29.4 Å². The van der Waals surface area contributed by atoms with Crippen molar-refractivity contribution in [2.75, 3.05) is 50.9 Å². The fraction of sp³-hybridized carbons (Fsp3) is 0.577. The number of carbonyl (C=O) groups is 1. The lowest BCUT2D eigenvalue weighted by molar-refractivity contribution is -0.134. The minimum absolute atomic E-state index is 0.0628. The lowest BCUT2D eigenvalue weighted by Crippen LogP contribution is -2.41. The summed E-state index contributed by atoms with van der Waals surface area (Å²) in [6.07, 6.45) is 7.92. The number of aromatic nitrogens is 2. The van der Waals surface area contributed by atoms with Crippen LogP contribution in [0.25, 0.3) is 0 Å². The highest BCUT2D eigenvalue weighted by Gasteiger charge is 2.43. The standard InChI is InChI=1S/C26H32ClFN4O3/c27-21-16-29-26(30-17-21)32-6-3-18(4-7-32)23-13-19(23)5-10-35-22-2-1-20(24(28)15-22)14-25(33)31-8-11-34-12-9-31/h1-2,15-19,23H,3-14H2/t19-,23-/m0/s1. The van der Waals surface area contributed by atoms with Gasteiger partial charge in [0.1, 0.15) is 11.6 Å². The molecule has 1 saturated carbocycles. The zero-order chi connectivity index (χ0) is 24.2. The summed E-state index contributed by atoms with van der Waals surface area (Å²) in [6, 6.07) is 4.84. The molecule has 2 saturated heterocycles. The summed E-state index contributed by atoms with van der Waals surface area (Å²) in [4.78, 5) is 25.0. The lowest BCUT2D eigenvalue weighted by Gasteiger charge is -2.32. The van der Waals surface area contributed by atoms with E-state index in [4.69, 9.17) is 21.1 Å². The van der Waals surface area contributed by atoms with Gasteiger partial charge in [-0.25, -0.2) is 14.4 Å². The fourth-order valence-corrected chi connectivity index (χ4v) is 5.45. The normalized spacial score (nSPS) is 22.8. The van der Waals surface area contributed by atoms with E-state index in [9.17, 15) is 9.18 Å². The average molecular weight is 503 g/mol. The number of rotatable bonds is 8. The number of ether oxygens (including phenoxy) is 2. The van der Waals surface area contributed by atoms with Crippen LogP contribution in [0.2, 0.25) is 5.02 Å². The molecular weight excluding hydrogens is 471 g/mol. The van der Waals surface area contributed by atoms with Crippen molar-refractivity contribution in [3.05, 3.63) is 47.0 Å². The molecule has 1 aliphatic carbocycles. The fourth-order valence-electron chi connectivity index (χ4n) is 5.35. The van der Waals surface area contributed by atoms with Crippen LogP contribution in [0.4, 0.5) is 10.3 Å². The molecule has 0 N–H and O–H groups in total. The summed E-state index contributed by atoms with van der Waals surface area (Å²) in [5.74, 6) is 3.03. The summed E-state index contributed by atoms with van der Waals surface area (Å²) in [5.41, 5.74) is 0.409. The minimum Gasteiger partial charge on any atom is -0.493 e. The van der Waals surface area contributed by atoms with Gasteiger partial charge in [0.15, 0.2) is 0 Å². The van der Waals surface area contributed by atoms with Crippen LogP contribution in [0.3, 0.4) is 0 Å². The van der Waals surface area contributed by atoms with Gasteiger partial charge in [-0.15, -0.1) is 0 Å². The molecule has 2 aliphatic heterocycles. The minimum atomic E-state index is -0.384. The number of benzene rings is 1. The molecule has 2 aromatic rings. The van der Waals surface area contributed by atoms with Gasteiger partial charge >= 0.3 is 0 Å². The number of anilines is 1. The Morgan fingerprint density at radius 3 is 2.60 bits per heavy atom. The van der Waals surface area contributed by atoms with Crippen molar-refractivity contribution in [1.82, 2.24) is 14.9 Å². The Bertz CT molecular complexity index is 1010. The first-order chi connectivity index (χ1) is 17.1. The zero-order valence-corrected chi connectivity index (χ0v) is 20.6. The number of hydrogen-bond donors (Lipinski definition) is 0. The van der Waals surface area contributed by atoms with Crippen molar-refractivity contribution in [2.45, 2.75) is 32.1 Å². The van der Waals surface area contributed by atoms with Crippen LogP contribution < -0.4 is 9.64 Å². The molecule has 3 aliphatic rings. The summed E-state index contributed by atoms with van der Waals surface area (Å²) in [5, 5.41) is 0.559. The van der Waals surface area contributed by atoms with Crippen molar-refractivity contribution < 1.29 is 18.7 Å².